The number of hydrogen-bond acceptors (Lipinski definition) is 3. The number of carbonyl (C=O) groups excluding carboxylic acids is 1. The molecule has 3 nitrogen and oxygen atoms in total. The average Bonchev–Trinajstić information content (AvgIpc) is 2.38. The maximum atomic E-state index is 11.2. The number of carbonyl (C=O) groups is 1. The zero-order valence-corrected chi connectivity index (χ0v) is 11.8. The molecular formula is C14H22N2OS. The van der Waals surface area contributed by atoms with Crippen molar-refractivity contribution in [3.63, 3.8) is 0 Å². The molecule has 0 aliphatic carbocycles. The molecule has 0 aromatic heterocycles. The topological polar surface area (TPSA) is 55.1 Å². The van der Waals surface area contributed by atoms with Crippen molar-refractivity contribution in [3.05, 3.63) is 35.4 Å². The monoisotopic (exact) mass is 266 g/mol. The van der Waals surface area contributed by atoms with Gasteiger partial charge in [0.15, 0.2) is 0 Å². The SMILES string of the molecule is CSCCCCCNCc1ccccc1C(N)=O. The number of hydrogen-bond donors (Lipinski definition) is 2. The molecule has 0 radical (unpaired) electrons. The standard InChI is InChI=1S/C14H22N2OS/c1-18-10-6-2-5-9-16-11-12-7-3-4-8-13(12)14(15)17/h3-4,7-8,16H,2,5-6,9-11H2,1H3,(H2,15,17). The van der Waals surface area contributed by atoms with E-state index in [1.165, 1.54) is 25.0 Å². The molecule has 1 rings (SSSR count). The first-order valence-electron chi connectivity index (χ1n) is 6.33. The largest absolute Gasteiger partial charge is 0.366 e. The summed E-state index contributed by atoms with van der Waals surface area (Å²) in [5.74, 6) is 0.886. The van der Waals surface area contributed by atoms with Crippen molar-refractivity contribution in [1.29, 1.82) is 0 Å². The summed E-state index contributed by atoms with van der Waals surface area (Å²) in [5, 5.41) is 3.36. The van der Waals surface area contributed by atoms with E-state index in [1.807, 2.05) is 30.0 Å². The third-order valence-corrected chi connectivity index (χ3v) is 3.50. The van der Waals surface area contributed by atoms with Crippen LogP contribution < -0.4 is 11.1 Å². The van der Waals surface area contributed by atoms with Crippen molar-refractivity contribution in [2.24, 2.45) is 5.73 Å². The molecule has 100 valence electrons. The summed E-state index contributed by atoms with van der Waals surface area (Å²) in [6.45, 7) is 1.70. The Balaban J connectivity index is 2.25. The Morgan fingerprint density at radius 1 is 1.28 bits per heavy atom. The van der Waals surface area contributed by atoms with Gasteiger partial charge in [0.25, 0.3) is 0 Å². The fourth-order valence-electron chi connectivity index (χ4n) is 1.81. The van der Waals surface area contributed by atoms with Gasteiger partial charge in [-0.1, -0.05) is 24.6 Å². The Morgan fingerprint density at radius 2 is 2.06 bits per heavy atom. The second-order valence-corrected chi connectivity index (χ2v) is 5.24. The predicted octanol–water partition coefficient (Wildman–Crippen LogP) is 2.41. The summed E-state index contributed by atoms with van der Waals surface area (Å²) >= 11 is 1.90. The van der Waals surface area contributed by atoms with Gasteiger partial charge in [-0.15, -0.1) is 0 Å². The van der Waals surface area contributed by atoms with Crippen LogP contribution in [0.1, 0.15) is 35.2 Å². The fraction of sp³-hybridized carbons (Fsp3) is 0.500. The third-order valence-electron chi connectivity index (χ3n) is 2.80. The number of primary amides is 1. The van der Waals surface area contributed by atoms with Crippen LogP contribution in [0.4, 0.5) is 0 Å². The molecule has 0 bridgehead atoms. The maximum absolute atomic E-state index is 11.2. The normalized spacial score (nSPS) is 10.5. The lowest BCUT2D eigenvalue weighted by molar-refractivity contribution is 0.0999. The molecule has 0 heterocycles. The maximum Gasteiger partial charge on any atom is 0.249 e. The zero-order chi connectivity index (χ0) is 13.2. The Labute approximate surface area is 114 Å². The van der Waals surface area contributed by atoms with E-state index in [-0.39, 0.29) is 5.91 Å². The van der Waals surface area contributed by atoms with Crippen LogP contribution in [0.25, 0.3) is 0 Å². The molecule has 0 spiro atoms. The Bertz CT molecular complexity index is 369. The average molecular weight is 266 g/mol. The summed E-state index contributed by atoms with van der Waals surface area (Å²) in [5.41, 5.74) is 6.93. The van der Waals surface area contributed by atoms with Crippen LogP contribution in [0.2, 0.25) is 0 Å². The van der Waals surface area contributed by atoms with E-state index < -0.39 is 0 Å². The first-order chi connectivity index (χ1) is 8.75. The van der Waals surface area contributed by atoms with Crippen molar-refractivity contribution < 1.29 is 4.79 Å². The van der Waals surface area contributed by atoms with E-state index in [0.29, 0.717) is 12.1 Å². The molecule has 0 aliphatic heterocycles. The molecule has 1 amide bonds. The molecule has 0 atom stereocenters. The van der Waals surface area contributed by atoms with Crippen molar-refractivity contribution in [2.75, 3.05) is 18.6 Å². The van der Waals surface area contributed by atoms with E-state index in [4.69, 9.17) is 5.73 Å². The Hall–Kier alpha value is -1.00. The molecule has 0 fully saturated rings. The summed E-state index contributed by atoms with van der Waals surface area (Å²) in [6, 6.07) is 7.49. The lowest BCUT2D eigenvalue weighted by atomic mass is 10.1. The summed E-state index contributed by atoms with van der Waals surface area (Å²) < 4.78 is 0. The second kappa shape index (κ2) is 9.00. The molecule has 0 unspecified atom stereocenters. The predicted molar refractivity (Wildman–Crippen MR) is 78.9 cm³/mol. The minimum Gasteiger partial charge on any atom is -0.366 e. The smallest absolute Gasteiger partial charge is 0.249 e. The summed E-state index contributed by atoms with van der Waals surface area (Å²) in [6.07, 6.45) is 5.85. The molecule has 3 N–H and O–H groups in total. The lowest BCUT2D eigenvalue weighted by Crippen LogP contribution is -2.19. The number of nitrogens with one attached hydrogen (secondary N) is 1. The van der Waals surface area contributed by atoms with Crippen LogP contribution in [0, 0.1) is 0 Å². The van der Waals surface area contributed by atoms with Crippen LogP contribution in [-0.4, -0.2) is 24.5 Å². The number of unbranched alkanes of at least 4 members (excludes halogenated alkanes) is 2. The number of amides is 1. The summed E-state index contributed by atoms with van der Waals surface area (Å²) in [4.78, 5) is 11.2. The van der Waals surface area contributed by atoms with Crippen LogP contribution in [0.3, 0.4) is 0 Å². The first kappa shape index (κ1) is 15.1. The molecule has 4 heteroatoms. The minimum atomic E-state index is -0.354. The summed E-state index contributed by atoms with van der Waals surface area (Å²) in [7, 11) is 0. The molecular weight excluding hydrogens is 244 g/mol. The van der Waals surface area contributed by atoms with Crippen LogP contribution in [-0.2, 0) is 6.54 Å². The van der Waals surface area contributed by atoms with E-state index in [0.717, 1.165) is 12.1 Å². The van der Waals surface area contributed by atoms with Gasteiger partial charge in [0, 0.05) is 12.1 Å². The number of nitrogens with two attached hydrogens (primary N) is 1. The molecule has 0 aliphatic rings. The molecule has 1 aromatic rings. The molecule has 18 heavy (non-hydrogen) atoms. The Kier molecular flexibility index (Phi) is 7.53. The van der Waals surface area contributed by atoms with Gasteiger partial charge in [-0.2, -0.15) is 11.8 Å². The van der Waals surface area contributed by atoms with Crippen LogP contribution in [0.5, 0.6) is 0 Å². The third kappa shape index (κ3) is 5.56. The van der Waals surface area contributed by atoms with E-state index in [2.05, 4.69) is 11.6 Å². The minimum absolute atomic E-state index is 0.354. The second-order valence-electron chi connectivity index (χ2n) is 4.25. The zero-order valence-electron chi connectivity index (χ0n) is 10.9. The van der Waals surface area contributed by atoms with Gasteiger partial charge < -0.3 is 11.1 Å². The molecule has 0 saturated heterocycles. The van der Waals surface area contributed by atoms with E-state index in [9.17, 15) is 4.79 Å². The highest BCUT2D eigenvalue weighted by molar-refractivity contribution is 7.98. The molecule has 0 saturated carbocycles. The highest BCUT2D eigenvalue weighted by Gasteiger charge is 2.05. The van der Waals surface area contributed by atoms with Crippen molar-refractivity contribution in [1.82, 2.24) is 5.32 Å². The highest BCUT2D eigenvalue weighted by atomic mass is 32.2. The number of rotatable bonds is 9. The van der Waals surface area contributed by atoms with E-state index >= 15 is 0 Å². The highest BCUT2D eigenvalue weighted by Crippen LogP contribution is 2.07. The first-order valence-corrected chi connectivity index (χ1v) is 7.72. The van der Waals surface area contributed by atoms with Gasteiger partial charge >= 0.3 is 0 Å². The van der Waals surface area contributed by atoms with Gasteiger partial charge in [0.2, 0.25) is 5.91 Å². The van der Waals surface area contributed by atoms with Crippen LogP contribution in [0.15, 0.2) is 24.3 Å². The molecule has 1 aromatic carbocycles. The van der Waals surface area contributed by atoms with Gasteiger partial charge in [0.05, 0.1) is 0 Å². The number of benzene rings is 1. The van der Waals surface area contributed by atoms with Crippen LogP contribution >= 0.6 is 11.8 Å². The quantitative estimate of drug-likeness (QED) is 0.675. The van der Waals surface area contributed by atoms with Gasteiger partial charge in [0.1, 0.15) is 0 Å². The van der Waals surface area contributed by atoms with Crippen molar-refractivity contribution in [2.45, 2.75) is 25.8 Å². The fourth-order valence-corrected chi connectivity index (χ4v) is 2.30. The van der Waals surface area contributed by atoms with Gasteiger partial charge in [-0.05, 0) is 43.0 Å². The van der Waals surface area contributed by atoms with Crippen molar-refractivity contribution >= 4 is 17.7 Å². The van der Waals surface area contributed by atoms with Gasteiger partial charge in [-0.25, -0.2) is 0 Å². The van der Waals surface area contributed by atoms with E-state index in [1.54, 1.807) is 6.07 Å². The number of thioether (sulfide) groups is 1. The van der Waals surface area contributed by atoms with Crippen molar-refractivity contribution in [3.8, 4) is 0 Å². The van der Waals surface area contributed by atoms with Gasteiger partial charge in [-0.3, -0.25) is 4.79 Å². The Morgan fingerprint density at radius 3 is 2.78 bits per heavy atom. The lowest BCUT2D eigenvalue weighted by Gasteiger charge is -2.08.